The van der Waals surface area contributed by atoms with E-state index in [0.29, 0.717) is 0 Å². The molecule has 102 valence electrons. The van der Waals surface area contributed by atoms with Gasteiger partial charge in [-0.05, 0) is 42.4 Å². The molecule has 19 heavy (non-hydrogen) atoms. The summed E-state index contributed by atoms with van der Waals surface area (Å²) in [4.78, 5) is 9.18. The number of pyridine rings is 1. The Kier molecular flexibility index (Phi) is 4.03. The summed E-state index contributed by atoms with van der Waals surface area (Å²) in [7, 11) is 0. The summed E-state index contributed by atoms with van der Waals surface area (Å²) in [5, 5.41) is 9.05. The minimum Gasteiger partial charge on any atom is -0.396 e. The summed E-state index contributed by atoms with van der Waals surface area (Å²) in [5.74, 6) is 4.40. The lowest BCUT2D eigenvalue weighted by molar-refractivity contribution is 0.279. The van der Waals surface area contributed by atoms with Gasteiger partial charge in [-0.25, -0.2) is 9.97 Å². The Hall–Kier alpha value is -1.07. The van der Waals surface area contributed by atoms with E-state index in [9.17, 15) is 0 Å². The van der Waals surface area contributed by atoms with Crippen LogP contribution in [0, 0.1) is 5.92 Å². The van der Waals surface area contributed by atoms with Crippen molar-refractivity contribution in [2.24, 2.45) is 5.92 Å². The second-order valence-corrected chi connectivity index (χ2v) is 6.19. The average molecular weight is 277 g/mol. The van der Waals surface area contributed by atoms with Crippen LogP contribution in [0.2, 0.25) is 0 Å². The van der Waals surface area contributed by atoms with Crippen LogP contribution in [0.3, 0.4) is 0 Å². The first kappa shape index (κ1) is 12.9. The van der Waals surface area contributed by atoms with Crippen molar-refractivity contribution in [3.63, 3.8) is 0 Å². The second kappa shape index (κ2) is 5.92. The summed E-state index contributed by atoms with van der Waals surface area (Å²) in [6.45, 7) is 1.02. The predicted octanol–water partition coefficient (Wildman–Crippen LogP) is 2.11. The van der Waals surface area contributed by atoms with Crippen molar-refractivity contribution in [1.29, 1.82) is 0 Å². The van der Waals surface area contributed by atoms with E-state index in [1.165, 1.54) is 17.9 Å². The highest BCUT2D eigenvalue weighted by atomic mass is 32.2. The van der Waals surface area contributed by atoms with E-state index in [2.05, 4.69) is 9.55 Å². The highest BCUT2D eigenvalue weighted by molar-refractivity contribution is 7.99. The van der Waals surface area contributed by atoms with Crippen LogP contribution in [0.4, 0.5) is 0 Å². The predicted molar refractivity (Wildman–Crippen MR) is 78.4 cm³/mol. The molecule has 0 aromatic carbocycles. The quantitative estimate of drug-likeness (QED) is 0.909. The van der Waals surface area contributed by atoms with Gasteiger partial charge in [-0.3, -0.25) is 0 Å². The molecular formula is C14H19N3OS. The van der Waals surface area contributed by atoms with Crippen LogP contribution in [0.1, 0.15) is 18.7 Å². The van der Waals surface area contributed by atoms with Gasteiger partial charge in [0.05, 0.1) is 0 Å². The van der Waals surface area contributed by atoms with Crippen LogP contribution in [-0.4, -0.2) is 37.8 Å². The molecule has 1 fully saturated rings. The molecular weight excluding hydrogens is 258 g/mol. The number of fused-ring (bicyclic) bond motifs is 1. The van der Waals surface area contributed by atoms with Gasteiger partial charge in [-0.2, -0.15) is 11.8 Å². The molecule has 0 aliphatic carbocycles. The third-order valence-corrected chi connectivity index (χ3v) is 4.85. The van der Waals surface area contributed by atoms with Crippen molar-refractivity contribution in [3.05, 3.63) is 24.2 Å². The SMILES string of the molecule is OCCCn1c(CC2CCSC2)nc2cccnc21. The topological polar surface area (TPSA) is 50.9 Å². The zero-order chi connectivity index (χ0) is 13.1. The molecule has 0 saturated carbocycles. The molecule has 4 nitrogen and oxygen atoms in total. The Balaban J connectivity index is 1.91. The van der Waals surface area contributed by atoms with Crippen LogP contribution in [0.25, 0.3) is 11.2 Å². The summed E-state index contributed by atoms with van der Waals surface area (Å²) >= 11 is 2.04. The Bertz CT molecular complexity index is 549. The minimum absolute atomic E-state index is 0.214. The lowest BCUT2D eigenvalue weighted by Crippen LogP contribution is -2.11. The Morgan fingerprint density at radius 3 is 3.21 bits per heavy atom. The minimum atomic E-state index is 0.214. The van der Waals surface area contributed by atoms with Crippen LogP contribution >= 0.6 is 11.8 Å². The summed E-state index contributed by atoms with van der Waals surface area (Å²) in [6, 6.07) is 3.95. The van der Waals surface area contributed by atoms with E-state index in [1.54, 1.807) is 0 Å². The van der Waals surface area contributed by atoms with E-state index >= 15 is 0 Å². The fraction of sp³-hybridized carbons (Fsp3) is 0.571. The number of rotatable bonds is 5. The van der Waals surface area contributed by atoms with Gasteiger partial charge < -0.3 is 9.67 Å². The monoisotopic (exact) mass is 277 g/mol. The van der Waals surface area contributed by atoms with Gasteiger partial charge in [0, 0.05) is 25.8 Å². The van der Waals surface area contributed by atoms with E-state index in [0.717, 1.165) is 42.3 Å². The van der Waals surface area contributed by atoms with Gasteiger partial charge >= 0.3 is 0 Å². The number of aliphatic hydroxyl groups is 1. The van der Waals surface area contributed by atoms with Crippen LogP contribution in [0.5, 0.6) is 0 Å². The van der Waals surface area contributed by atoms with E-state index in [-0.39, 0.29) is 6.61 Å². The molecule has 1 N–H and O–H groups in total. The van der Waals surface area contributed by atoms with Crippen LogP contribution in [-0.2, 0) is 13.0 Å². The Labute approximate surface area is 117 Å². The molecule has 1 unspecified atom stereocenters. The summed E-state index contributed by atoms with van der Waals surface area (Å²) in [5.41, 5.74) is 1.93. The average Bonchev–Trinajstić information content (AvgIpc) is 3.04. The molecule has 0 radical (unpaired) electrons. The molecule has 2 aromatic rings. The summed E-state index contributed by atoms with van der Waals surface area (Å²) < 4.78 is 2.19. The van der Waals surface area contributed by atoms with Crippen molar-refractivity contribution in [3.8, 4) is 0 Å². The number of aliphatic hydroxyl groups excluding tert-OH is 1. The maximum Gasteiger partial charge on any atom is 0.159 e. The number of thioether (sulfide) groups is 1. The van der Waals surface area contributed by atoms with Crippen molar-refractivity contribution >= 4 is 22.9 Å². The molecule has 2 aromatic heterocycles. The van der Waals surface area contributed by atoms with E-state index < -0.39 is 0 Å². The lowest BCUT2D eigenvalue weighted by Gasteiger charge is -2.10. The van der Waals surface area contributed by atoms with Crippen molar-refractivity contribution in [2.75, 3.05) is 18.1 Å². The molecule has 1 atom stereocenters. The number of hydrogen-bond acceptors (Lipinski definition) is 4. The summed E-state index contributed by atoms with van der Waals surface area (Å²) in [6.07, 6.45) is 4.90. The van der Waals surface area contributed by atoms with Crippen molar-refractivity contribution in [1.82, 2.24) is 14.5 Å². The number of aromatic nitrogens is 3. The second-order valence-electron chi connectivity index (χ2n) is 5.04. The molecule has 3 rings (SSSR count). The molecule has 0 bridgehead atoms. The number of imidazole rings is 1. The Morgan fingerprint density at radius 2 is 2.42 bits per heavy atom. The Morgan fingerprint density at radius 1 is 1.47 bits per heavy atom. The third kappa shape index (κ3) is 2.77. The molecule has 3 heterocycles. The fourth-order valence-electron chi connectivity index (χ4n) is 2.63. The van der Waals surface area contributed by atoms with Gasteiger partial charge in [-0.1, -0.05) is 0 Å². The highest BCUT2D eigenvalue weighted by Crippen LogP contribution is 2.27. The molecule has 1 aliphatic heterocycles. The first-order valence-electron chi connectivity index (χ1n) is 6.87. The van der Waals surface area contributed by atoms with Crippen molar-refractivity contribution in [2.45, 2.75) is 25.8 Å². The third-order valence-electron chi connectivity index (χ3n) is 3.62. The van der Waals surface area contributed by atoms with E-state index in [4.69, 9.17) is 10.1 Å². The first-order valence-corrected chi connectivity index (χ1v) is 8.02. The maximum atomic E-state index is 9.05. The maximum absolute atomic E-state index is 9.05. The molecule has 0 spiro atoms. The largest absolute Gasteiger partial charge is 0.396 e. The smallest absolute Gasteiger partial charge is 0.159 e. The molecule has 5 heteroatoms. The lowest BCUT2D eigenvalue weighted by atomic mass is 10.1. The number of nitrogens with zero attached hydrogens (tertiary/aromatic N) is 3. The zero-order valence-corrected chi connectivity index (χ0v) is 11.8. The van der Waals surface area contributed by atoms with Gasteiger partial charge in [0.1, 0.15) is 11.3 Å². The normalized spacial score (nSPS) is 19.3. The highest BCUT2D eigenvalue weighted by Gasteiger charge is 2.20. The standard InChI is InChI=1S/C14H19N3OS/c18-7-2-6-17-13(9-11-4-8-19-10-11)16-12-3-1-5-15-14(12)17/h1,3,5,11,18H,2,4,6-10H2. The van der Waals surface area contributed by atoms with Gasteiger partial charge in [0.15, 0.2) is 5.65 Å². The van der Waals surface area contributed by atoms with Crippen LogP contribution in [0.15, 0.2) is 18.3 Å². The number of hydrogen-bond donors (Lipinski definition) is 1. The molecule has 1 saturated heterocycles. The van der Waals surface area contributed by atoms with Crippen molar-refractivity contribution < 1.29 is 5.11 Å². The molecule has 0 amide bonds. The van der Waals surface area contributed by atoms with Crippen LogP contribution < -0.4 is 0 Å². The van der Waals surface area contributed by atoms with Gasteiger partial charge in [-0.15, -0.1) is 0 Å². The van der Waals surface area contributed by atoms with E-state index in [1.807, 2.05) is 30.1 Å². The molecule has 1 aliphatic rings. The first-order chi connectivity index (χ1) is 9.38. The van der Waals surface area contributed by atoms with Gasteiger partial charge in [0.25, 0.3) is 0 Å². The number of aryl methyl sites for hydroxylation is 1. The van der Waals surface area contributed by atoms with Gasteiger partial charge in [0.2, 0.25) is 0 Å². The fourth-order valence-corrected chi connectivity index (χ4v) is 3.91. The zero-order valence-electron chi connectivity index (χ0n) is 11.0.